The van der Waals surface area contributed by atoms with Gasteiger partial charge in [-0.25, -0.2) is 0 Å². The van der Waals surface area contributed by atoms with Gasteiger partial charge in [0.1, 0.15) is 6.04 Å². The average Bonchev–Trinajstić information content (AvgIpc) is 2.78. The topological polar surface area (TPSA) is 79.8 Å². The molecule has 0 fully saturated rings. The zero-order valence-corrected chi connectivity index (χ0v) is 16.9. The van der Waals surface area contributed by atoms with Crippen molar-refractivity contribution in [2.24, 2.45) is 0 Å². The summed E-state index contributed by atoms with van der Waals surface area (Å²) < 4.78 is 0. The van der Waals surface area contributed by atoms with Gasteiger partial charge in [0.2, 0.25) is 0 Å². The molecule has 0 saturated heterocycles. The Balaban J connectivity index is 1.50. The van der Waals surface area contributed by atoms with E-state index in [1.54, 1.807) is 42.5 Å². The van der Waals surface area contributed by atoms with Crippen molar-refractivity contribution < 1.29 is 19.7 Å². The van der Waals surface area contributed by atoms with Crippen molar-refractivity contribution in [3.05, 3.63) is 101 Å². The zero-order valence-electron chi connectivity index (χ0n) is 16.9. The summed E-state index contributed by atoms with van der Waals surface area (Å²) in [5, 5.41) is 4.87. The molecule has 3 N–H and O–H groups in total. The molecule has 0 aliphatic heterocycles. The number of hydrogen-bond donors (Lipinski definition) is 2. The number of anilines is 1. The summed E-state index contributed by atoms with van der Waals surface area (Å²) in [5.41, 5.74) is 3.17. The Bertz CT molecular complexity index is 1140. The molecule has 0 bridgehead atoms. The van der Waals surface area contributed by atoms with Crippen molar-refractivity contribution in [2.75, 3.05) is 5.32 Å². The van der Waals surface area contributed by atoms with Crippen LogP contribution in [0.1, 0.15) is 57.3 Å². The van der Waals surface area contributed by atoms with Crippen LogP contribution in [0.4, 0.5) is 5.69 Å². The lowest BCUT2D eigenvalue weighted by Gasteiger charge is -2.19. The first kappa shape index (κ1) is 19.7. The second-order valence-corrected chi connectivity index (χ2v) is 7.63. The van der Waals surface area contributed by atoms with Gasteiger partial charge in [0.05, 0.1) is 0 Å². The van der Waals surface area contributed by atoms with Gasteiger partial charge in [0.25, 0.3) is 5.91 Å². The predicted molar refractivity (Wildman–Crippen MR) is 115 cm³/mol. The highest BCUT2D eigenvalue weighted by Crippen LogP contribution is 2.29. The fourth-order valence-corrected chi connectivity index (χ4v) is 3.82. The van der Waals surface area contributed by atoms with E-state index < -0.39 is 0 Å². The molecule has 0 unspecified atom stereocenters. The molecular formula is C25H23N2O3+. The minimum Gasteiger partial charge on any atom is -0.330 e. The lowest BCUT2D eigenvalue weighted by molar-refractivity contribution is -0.709. The van der Waals surface area contributed by atoms with E-state index in [0.717, 1.165) is 5.56 Å². The fraction of sp³-hybridized carbons (Fsp3) is 0.160. The monoisotopic (exact) mass is 399 g/mol. The summed E-state index contributed by atoms with van der Waals surface area (Å²) in [6.45, 7) is 3.90. The standard InChI is InChI=1S/C25H22N2O3/c1-15(17-8-4-3-5-9-17)26-16(2)25(30)27-18-12-13-21-22(14-18)24(29)20-11-7-6-10-19(20)23(21)28/h3-16,26H,1-2H3,(H,27,30)/p+1/t15-,16-/m1/s1. The van der Waals surface area contributed by atoms with Crippen molar-refractivity contribution in [1.82, 2.24) is 0 Å². The lowest BCUT2D eigenvalue weighted by Crippen LogP contribution is -2.91. The van der Waals surface area contributed by atoms with Gasteiger partial charge in [-0.2, -0.15) is 0 Å². The fourth-order valence-electron chi connectivity index (χ4n) is 3.82. The molecule has 0 aromatic heterocycles. The van der Waals surface area contributed by atoms with Crippen LogP contribution in [0.25, 0.3) is 0 Å². The van der Waals surface area contributed by atoms with Crippen molar-refractivity contribution in [1.29, 1.82) is 0 Å². The molecule has 0 spiro atoms. The minimum atomic E-state index is -0.325. The van der Waals surface area contributed by atoms with E-state index in [2.05, 4.69) is 12.2 Å². The van der Waals surface area contributed by atoms with E-state index in [9.17, 15) is 14.4 Å². The first-order chi connectivity index (χ1) is 14.5. The van der Waals surface area contributed by atoms with Crippen LogP contribution in [0.3, 0.4) is 0 Å². The largest absolute Gasteiger partial charge is 0.330 e. The number of benzene rings is 3. The molecule has 1 aliphatic rings. The van der Waals surface area contributed by atoms with Crippen LogP contribution in [-0.2, 0) is 4.79 Å². The summed E-state index contributed by atoms with van der Waals surface area (Å²) >= 11 is 0. The number of carbonyl (C=O) groups is 3. The smallest absolute Gasteiger partial charge is 0.282 e. The Morgan fingerprint density at radius 3 is 2.00 bits per heavy atom. The third-order valence-corrected chi connectivity index (χ3v) is 5.51. The molecule has 4 rings (SSSR count). The van der Waals surface area contributed by atoms with Gasteiger partial charge in [0, 0.05) is 33.5 Å². The van der Waals surface area contributed by atoms with Crippen molar-refractivity contribution in [3.63, 3.8) is 0 Å². The summed E-state index contributed by atoms with van der Waals surface area (Å²) in [6, 6.07) is 21.5. The number of quaternary nitrogens is 1. The van der Waals surface area contributed by atoms with E-state index in [4.69, 9.17) is 0 Å². The highest BCUT2D eigenvalue weighted by Gasteiger charge is 2.30. The van der Waals surface area contributed by atoms with Gasteiger partial charge < -0.3 is 10.6 Å². The quantitative estimate of drug-likeness (QED) is 0.541. The third-order valence-electron chi connectivity index (χ3n) is 5.51. The molecule has 30 heavy (non-hydrogen) atoms. The van der Waals surface area contributed by atoms with Crippen LogP contribution in [0.2, 0.25) is 0 Å². The molecule has 1 amide bonds. The van der Waals surface area contributed by atoms with Crippen LogP contribution < -0.4 is 10.6 Å². The Morgan fingerprint density at radius 1 is 0.767 bits per heavy atom. The molecule has 0 saturated carbocycles. The summed E-state index contributed by atoms with van der Waals surface area (Å²) in [5.74, 6) is -0.530. The molecule has 3 aromatic rings. The Kier molecular flexibility index (Phi) is 5.29. The molecule has 0 heterocycles. The molecule has 1 aliphatic carbocycles. The SMILES string of the molecule is C[C@@H]([NH2+][C@H](C)c1ccccc1)C(=O)Nc1ccc2c(c1)C(=O)c1ccccc1C2=O. The van der Waals surface area contributed by atoms with Gasteiger partial charge in [-0.15, -0.1) is 0 Å². The minimum absolute atomic E-state index is 0.131. The molecule has 150 valence electrons. The summed E-state index contributed by atoms with van der Waals surface area (Å²) in [7, 11) is 0. The van der Waals surface area contributed by atoms with E-state index in [0.29, 0.717) is 27.9 Å². The van der Waals surface area contributed by atoms with E-state index in [-0.39, 0.29) is 29.6 Å². The van der Waals surface area contributed by atoms with E-state index in [1.165, 1.54) is 0 Å². The Hall–Kier alpha value is -3.57. The third kappa shape index (κ3) is 3.67. The number of rotatable bonds is 5. The molecule has 3 aromatic carbocycles. The van der Waals surface area contributed by atoms with E-state index in [1.807, 2.05) is 42.6 Å². The second-order valence-electron chi connectivity index (χ2n) is 7.63. The van der Waals surface area contributed by atoms with Crippen LogP contribution in [0.5, 0.6) is 0 Å². The number of ketones is 2. The average molecular weight is 399 g/mol. The van der Waals surface area contributed by atoms with Crippen molar-refractivity contribution in [2.45, 2.75) is 25.9 Å². The van der Waals surface area contributed by atoms with Crippen LogP contribution in [-0.4, -0.2) is 23.5 Å². The van der Waals surface area contributed by atoms with Gasteiger partial charge in [0.15, 0.2) is 17.6 Å². The molecule has 2 atom stereocenters. The number of hydrogen-bond acceptors (Lipinski definition) is 3. The van der Waals surface area contributed by atoms with Gasteiger partial charge in [-0.1, -0.05) is 54.6 Å². The molecule has 0 radical (unpaired) electrons. The van der Waals surface area contributed by atoms with Gasteiger partial charge in [-0.3, -0.25) is 14.4 Å². The van der Waals surface area contributed by atoms with Crippen molar-refractivity contribution in [3.8, 4) is 0 Å². The highest BCUT2D eigenvalue weighted by molar-refractivity contribution is 6.28. The number of nitrogens with two attached hydrogens (primary N) is 1. The van der Waals surface area contributed by atoms with Crippen molar-refractivity contribution >= 4 is 23.2 Å². The molecular weight excluding hydrogens is 376 g/mol. The maximum absolute atomic E-state index is 12.9. The number of nitrogens with one attached hydrogen (secondary N) is 1. The zero-order chi connectivity index (χ0) is 21.3. The first-order valence-corrected chi connectivity index (χ1v) is 9.99. The molecule has 5 heteroatoms. The number of fused-ring (bicyclic) bond motifs is 2. The Labute approximate surface area is 175 Å². The van der Waals surface area contributed by atoms with Crippen LogP contribution in [0.15, 0.2) is 72.8 Å². The maximum Gasteiger partial charge on any atom is 0.282 e. The van der Waals surface area contributed by atoms with Crippen LogP contribution in [0, 0.1) is 0 Å². The second kappa shape index (κ2) is 8.05. The van der Waals surface area contributed by atoms with E-state index >= 15 is 0 Å². The predicted octanol–water partition coefficient (Wildman–Crippen LogP) is 3.11. The summed E-state index contributed by atoms with van der Waals surface area (Å²) in [4.78, 5) is 38.3. The number of amides is 1. The first-order valence-electron chi connectivity index (χ1n) is 9.99. The molecule has 5 nitrogen and oxygen atoms in total. The normalized spacial score (nSPS) is 14.5. The maximum atomic E-state index is 12.9. The highest BCUT2D eigenvalue weighted by atomic mass is 16.2. The number of carbonyl (C=O) groups excluding carboxylic acids is 3. The summed E-state index contributed by atoms with van der Waals surface area (Å²) in [6.07, 6.45) is 0. The van der Waals surface area contributed by atoms with Gasteiger partial charge in [-0.05, 0) is 32.0 Å². The van der Waals surface area contributed by atoms with Crippen LogP contribution >= 0.6 is 0 Å². The Morgan fingerprint density at radius 2 is 1.33 bits per heavy atom. The van der Waals surface area contributed by atoms with Gasteiger partial charge >= 0.3 is 0 Å². The lowest BCUT2D eigenvalue weighted by atomic mass is 9.84.